The normalized spacial score (nSPS) is 6.70. The van der Waals surface area contributed by atoms with Gasteiger partial charge >= 0.3 is 30.7 Å². The van der Waals surface area contributed by atoms with Crippen molar-refractivity contribution >= 4 is 38.5 Å². The molecule has 0 aliphatic carbocycles. The topological polar surface area (TPSA) is 142 Å². The van der Waals surface area contributed by atoms with Crippen LogP contribution in [0.1, 0.15) is 83.1 Å². The average molecular weight is 696 g/mol. The van der Waals surface area contributed by atoms with E-state index in [-0.39, 0.29) is 49.4 Å². The third-order valence-electron chi connectivity index (χ3n) is 3.44. The van der Waals surface area contributed by atoms with Gasteiger partial charge in [0.05, 0.1) is 0 Å². The first kappa shape index (κ1) is 74.8. The third-order valence-corrected chi connectivity index (χ3v) is 3.44. The van der Waals surface area contributed by atoms with Crippen LogP contribution in [0.25, 0.3) is 0 Å². The van der Waals surface area contributed by atoms with Gasteiger partial charge in [-0.2, -0.15) is 12.8 Å². The summed E-state index contributed by atoms with van der Waals surface area (Å²) in [7, 11) is 6.39. The zero-order valence-corrected chi connectivity index (χ0v) is 30.3. The van der Waals surface area contributed by atoms with Crippen molar-refractivity contribution in [1.82, 2.24) is 0 Å². The maximum atomic E-state index is 8.58. The summed E-state index contributed by atoms with van der Waals surface area (Å²) in [5.41, 5.74) is 2.64. The quantitative estimate of drug-likeness (QED) is 0.260. The Morgan fingerprint density at radius 1 is 0.587 bits per heavy atom. The van der Waals surface area contributed by atoms with Crippen LogP contribution < -0.4 is 16.4 Å². The van der Waals surface area contributed by atoms with E-state index < -0.39 is 7.12 Å². The number of hydrogen-bond acceptors (Lipinski definition) is 5. The molecule has 0 amide bonds. The molecule has 0 saturated carbocycles. The molecule has 46 heavy (non-hydrogen) atoms. The van der Waals surface area contributed by atoms with Crippen molar-refractivity contribution in [2.75, 3.05) is 21.3 Å². The van der Waals surface area contributed by atoms with E-state index in [1.807, 2.05) is 122 Å². The van der Waals surface area contributed by atoms with Crippen LogP contribution in [0.2, 0.25) is 0 Å². The summed E-state index contributed by atoms with van der Waals surface area (Å²) in [6, 6.07) is 28.4. The van der Waals surface area contributed by atoms with Crippen molar-refractivity contribution in [1.29, 1.82) is 0 Å². The second-order valence-corrected chi connectivity index (χ2v) is 6.48. The van der Waals surface area contributed by atoms with Crippen LogP contribution in [0.5, 0.6) is 0 Å². The predicted molar refractivity (Wildman–Crippen MR) is 210 cm³/mol. The molecule has 3 aromatic rings. The predicted octanol–water partition coefficient (Wildman–Crippen LogP) is 5.02. The number of benzene rings is 3. The van der Waals surface area contributed by atoms with Crippen LogP contribution in [0.15, 0.2) is 91.0 Å². The molecule has 0 aromatic heterocycles. The Kier molecular flexibility index (Phi) is 120. The molecule has 0 unspecified atom stereocenters. The van der Waals surface area contributed by atoms with Gasteiger partial charge in [-0.3, -0.25) is 0 Å². The van der Waals surface area contributed by atoms with Crippen molar-refractivity contribution in [3.8, 4) is 0 Å². The molecule has 0 saturated heterocycles. The van der Waals surface area contributed by atoms with Crippen LogP contribution in [0, 0.1) is 13.8 Å². The van der Waals surface area contributed by atoms with Gasteiger partial charge < -0.3 is 49.3 Å². The molecule has 273 valence electrons. The molecule has 0 aliphatic rings. The van der Waals surface area contributed by atoms with E-state index in [1.165, 1.54) is 0 Å². The summed E-state index contributed by atoms with van der Waals surface area (Å²) in [5, 5.41) is 24.2. The molecule has 11 heteroatoms. The Hall–Kier alpha value is -1.93. The maximum absolute atomic E-state index is 8.58. The summed E-state index contributed by atoms with van der Waals surface area (Å²) >= 11 is 0. The largest absolute Gasteiger partial charge is 2.00 e. The van der Waals surface area contributed by atoms with Crippen molar-refractivity contribution in [2.45, 2.75) is 83.1 Å². The number of aliphatic hydroxyl groups excluding tert-OH is 1. The average Bonchev–Trinajstić information content (AvgIpc) is 3.04. The molecule has 0 fully saturated rings. The van der Waals surface area contributed by atoms with Crippen LogP contribution in [-0.4, -0.2) is 69.5 Å². The van der Waals surface area contributed by atoms with Gasteiger partial charge in [-0.05, 0) is 10.9 Å². The summed E-state index contributed by atoms with van der Waals surface area (Å²) in [4.78, 5) is 0. The molecule has 0 atom stereocenters. The van der Waals surface area contributed by atoms with Gasteiger partial charge in [-0.1, -0.05) is 167 Å². The summed E-state index contributed by atoms with van der Waals surface area (Å²) in [6.07, 6.45) is 2.00. The van der Waals surface area contributed by atoms with E-state index in [1.54, 1.807) is 38.5 Å². The van der Waals surface area contributed by atoms with Gasteiger partial charge in [-0.25, -0.2) is 0 Å². The Balaban J connectivity index is -0.0000000358. The Morgan fingerprint density at radius 2 is 0.804 bits per heavy atom. The van der Waals surface area contributed by atoms with Gasteiger partial charge in [0, 0.05) is 21.3 Å². The minimum atomic E-state index is -1.34. The van der Waals surface area contributed by atoms with Crippen molar-refractivity contribution < 1.29 is 51.9 Å². The summed E-state index contributed by atoms with van der Waals surface area (Å²) in [5.74, 6) is 0. The first-order valence-corrected chi connectivity index (χ1v) is 14.3. The Bertz CT molecular complexity index is 758. The van der Waals surface area contributed by atoms with E-state index in [9.17, 15) is 0 Å². The van der Waals surface area contributed by atoms with Gasteiger partial charge in [0.2, 0.25) is 0 Å². The van der Waals surface area contributed by atoms with Crippen LogP contribution in [0.4, 0.5) is 0 Å². The summed E-state index contributed by atoms with van der Waals surface area (Å²) < 4.78 is 10.1. The fourth-order valence-electron chi connectivity index (χ4n) is 2.08. The molecule has 0 spiro atoms. The zero-order chi connectivity index (χ0) is 33.3. The van der Waals surface area contributed by atoms with Gasteiger partial charge in [0.1, 0.15) is 7.85 Å². The van der Waals surface area contributed by atoms with E-state index in [0.29, 0.717) is 5.46 Å². The molecular formula is C35H72B3NiO7. The molecule has 0 heterocycles. The smallest absolute Gasteiger partial charge is 0.423 e. The summed E-state index contributed by atoms with van der Waals surface area (Å²) in [6.45, 7) is 23.0. The Labute approximate surface area is 298 Å². The van der Waals surface area contributed by atoms with Crippen molar-refractivity contribution in [3.05, 3.63) is 105 Å². The molecular weight excluding hydrogens is 624 g/mol. The van der Waals surface area contributed by atoms with Gasteiger partial charge in [-0.15, -0.1) is 0 Å². The maximum Gasteiger partial charge on any atom is 2.00 e. The molecule has 1 radical (unpaired) electrons. The Morgan fingerprint density at radius 3 is 0.957 bits per heavy atom. The van der Waals surface area contributed by atoms with E-state index >= 15 is 0 Å². The van der Waals surface area contributed by atoms with E-state index in [2.05, 4.69) is 21.7 Å². The van der Waals surface area contributed by atoms with Crippen molar-refractivity contribution in [2.24, 2.45) is 0 Å². The molecule has 3 rings (SSSR count). The second-order valence-electron chi connectivity index (χ2n) is 6.48. The molecule has 0 bridgehead atoms. The van der Waals surface area contributed by atoms with E-state index in [4.69, 9.17) is 24.5 Å². The molecule has 7 N–H and O–H groups in total. The van der Waals surface area contributed by atoms with Crippen LogP contribution in [0.3, 0.4) is 0 Å². The SMILES string of the molecule is C.C.CC.CC.CC.CO.COB(OC)c1ccccc1.O.O.OB(O)c1ccccc1.[BH]c1ccccc1.[CH2-]CC.[CH2-]CC.[Ni+2]. The standard InChI is InChI=1S/C8H11BO2.C6H7BO2.C6H6B.2C3H7.3C2H6.CH4O.2CH4.Ni.2H2O/c1-10-9(11-2)8-6-4-3-5-7-8;8-7(9)6-4-2-1-3-5-6;7-6-4-2-1-3-5-6;2*1-3-2;4*1-2;;;;;/h3-7H,1-2H3;1-5,8-9H;1-5,7H;2*1,3H2,2H3;3*1-2H3;2H,1H3;2*1H4;;2*1H2/q;;;2*-1;;;;;;;+2;;. The second kappa shape index (κ2) is 74.1. The van der Waals surface area contributed by atoms with Crippen molar-refractivity contribution in [3.63, 3.8) is 0 Å². The van der Waals surface area contributed by atoms with Gasteiger partial charge in [0.15, 0.2) is 0 Å². The third kappa shape index (κ3) is 61.1. The minimum Gasteiger partial charge on any atom is -0.423 e. The number of hydrogen-bond donors (Lipinski definition) is 3. The number of rotatable bonds is 4. The zero-order valence-electron chi connectivity index (χ0n) is 29.3. The molecule has 7 nitrogen and oxygen atoms in total. The fourth-order valence-corrected chi connectivity index (χ4v) is 2.08. The monoisotopic (exact) mass is 695 g/mol. The van der Waals surface area contributed by atoms with E-state index in [0.717, 1.165) is 30.9 Å². The first-order valence-electron chi connectivity index (χ1n) is 14.3. The minimum absolute atomic E-state index is 0. The fraction of sp³-hybridized carbons (Fsp3) is 0.429. The molecule has 3 aromatic carbocycles. The molecule has 0 aliphatic heterocycles. The van der Waals surface area contributed by atoms with Crippen LogP contribution >= 0.6 is 0 Å². The van der Waals surface area contributed by atoms with Gasteiger partial charge in [0.25, 0.3) is 0 Å². The first-order chi connectivity index (χ1) is 19.9. The van der Waals surface area contributed by atoms with Crippen LogP contribution in [-0.2, 0) is 25.8 Å². The number of aliphatic hydroxyl groups is 1.